The number of nitrogens with zero attached hydrogens (tertiary/aromatic N) is 3. The molecule has 1 aliphatic rings. The van der Waals surface area contributed by atoms with Gasteiger partial charge >= 0.3 is 0 Å². The number of hydrogen-bond acceptors (Lipinski definition) is 4. The Hall–Kier alpha value is -2.56. The summed E-state index contributed by atoms with van der Waals surface area (Å²) in [5, 5.41) is 4.56. The van der Waals surface area contributed by atoms with Gasteiger partial charge in [-0.15, -0.1) is 0 Å². The SMILES string of the molecule is Cc1ccc(CNc2nc(N3CCCC3)nc3[nH]c(C)cc23)cc1. The first-order valence-corrected chi connectivity index (χ1v) is 8.61. The minimum atomic E-state index is 0.760. The van der Waals surface area contributed by atoms with E-state index < -0.39 is 0 Å². The highest BCUT2D eigenvalue weighted by molar-refractivity contribution is 5.89. The maximum Gasteiger partial charge on any atom is 0.229 e. The lowest BCUT2D eigenvalue weighted by Crippen LogP contribution is -2.21. The molecule has 0 saturated carbocycles. The standard InChI is InChI=1S/C19H23N5/c1-13-5-7-15(8-6-13)12-20-17-16-11-14(2)21-18(16)23-19(22-17)24-9-3-4-10-24/h5-8,11H,3-4,9-10,12H2,1-2H3,(H2,20,21,22,23). The van der Waals surface area contributed by atoms with Gasteiger partial charge in [-0.25, -0.2) is 0 Å². The number of aromatic nitrogens is 3. The minimum Gasteiger partial charge on any atom is -0.365 e. The number of aryl methyl sites for hydroxylation is 2. The van der Waals surface area contributed by atoms with Gasteiger partial charge in [0, 0.05) is 25.3 Å². The molecule has 2 aromatic heterocycles. The molecule has 0 bridgehead atoms. The predicted octanol–water partition coefficient (Wildman–Crippen LogP) is 3.79. The van der Waals surface area contributed by atoms with Gasteiger partial charge in [0.15, 0.2) is 0 Å². The molecule has 0 radical (unpaired) electrons. The number of anilines is 2. The average Bonchev–Trinajstić information content (AvgIpc) is 3.22. The average molecular weight is 321 g/mol. The lowest BCUT2D eigenvalue weighted by atomic mass is 10.1. The van der Waals surface area contributed by atoms with Crippen LogP contribution in [0.25, 0.3) is 11.0 Å². The van der Waals surface area contributed by atoms with Gasteiger partial charge in [0.05, 0.1) is 5.39 Å². The van der Waals surface area contributed by atoms with Crippen molar-refractivity contribution in [2.24, 2.45) is 0 Å². The van der Waals surface area contributed by atoms with Crippen molar-refractivity contribution < 1.29 is 0 Å². The van der Waals surface area contributed by atoms with Crippen LogP contribution in [0.4, 0.5) is 11.8 Å². The van der Waals surface area contributed by atoms with Crippen LogP contribution >= 0.6 is 0 Å². The summed E-state index contributed by atoms with van der Waals surface area (Å²) in [7, 11) is 0. The largest absolute Gasteiger partial charge is 0.365 e. The number of nitrogens with one attached hydrogen (secondary N) is 2. The smallest absolute Gasteiger partial charge is 0.229 e. The molecule has 3 aromatic rings. The van der Waals surface area contributed by atoms with Crippen molar-refractivity contribution >= 4 is 22.8 Å². The normalized spacial score (nSPS) is 14.5. The Morgan fingerprint density at radius 3 is 2.58 bits per heavy atom. The van der Waals surface area contributed by atoms with Gasteiger partial charge in [-0.2, -0.15) is 9.97 Å². The van der Waals surface area contributed by atoms with Gasteiger partial charge < -0.3 is 15.2 Å². The molecule has 24 heavy (non-hydrogen) atoms. The fraction of sp³-hybridized carbons (Fsp3) is 0.368. The maximum absolute atomic E-state index is 4.81. The summed E-state index contributed by atoms with van der Waals surface area (Å²) < 4.78 is 0. The van der Waals surface area contributed by atoms with E-state index in [1.165, 1.54) is 24.0 Å². The number of H-pyrrole nitrogens is 1. The number of benzene rings is 1. The topological polar surface area (TPSA) is 56.8 Å². The summed E-state index contributed by atoms with van der Waals surface area (Å²) >= 11 is 0. The van der Waals surface area contributed by atoms with Crippen LogP contribution in [0.1, 0.15) is 29.7 Å². The van der Waals surface area contributed by atoms with E-state index in [-0.39, 0.29) is 0 Å². The molecule has 124 valence electrons. The molecular formula is C19H23N5. The number of rotatable bonds is 4. The van der Waals surface area contributed by atoms with Crippen LogP contribution in [-0.4, -0.2) is 28.0 Å². The molecule has 4 rings (SSSR count). The predicted molar refractivity (Wildman–Crippen MR) is 98.6 cm³/mol. The Morgan fingerprint density at radius 1 is 1.08 bits per heavy atom. The van der Waals surface area contributed by atoms with Gasteiger partial charge in [0.1, 0.15) is 11.5 Å². The quantitative estimate of drug-likeness (QED) is 0.767. The molecule has 5 nitrogen and oxygen atoms in total. The second kappa shape index (κ2) is 6.15. The highest BCUT2D eigenvalue weighted by Crippen LogP contribution is 2.26. The highest BCUT2D eigenvalue weighted by Gasteiger charge is 2.18. The van der Waals surface area contributed by atoms with Crippen molar-refractivity contribution in [3.8, 4) is 0 Å². The lowest BCUT2D eigenvalue weighted by molar-refractivity contribution is 0.903. The molecule has 0 aliphatic carbocycles. The van der Waals surface area contributed by atoms with Gasteiger partial charge in [-0.1, -0.05) is 29.8 Å². The second-order valence-corrected chi connectivity index (χ2v) is 6.62. The molecule has 5 heteroatoms. The molecule has 3 heterocycles. The molecule has 1 aliphatic heterocycles. The Labute approximate surface area is 142 Å². The molecular weight excluding hydrogens is 298 g/mol. The van der Waals surface area contributed by atoms with Gasteiger partial charge in [-0.05, 0) is 38.3 Å². The van der Waals surface area contributed by atoms with E-state index in [0.29, 0.717) is 0 Å². The number of hydrogen-bond donors (Lipinski definition) is 2. The summed E-state index contributed by atoms with van der Waals surface area (Å²) in [5.74, 6) is 1.74. The van der Waals surface area contributed by atoms with Crippen molar-refractivity contribution in [2.75, 3.05) is 23.3 Å². The van der Waals surface area contributed by atoms with E-state index >= 15 is 0 Å². The minimum absolute atomic E-state index is 0.760. The van der Waals surface area contributed by atoms with Gasteiger partial charge in [-0.3, -0.25) is 0 Å². The first-order valence-electron chi connectivity index (χ1n) is 8.61. The Bertz CT molecular complexity index is 844. The van der Waals surface area contributed by atoms with E-state index in [0.717, 1.165) is 48.1 Å². The fourth-order valence-corrected chi connectivity index (χ4v) is 3.21. The van der Waals surface area contributed by atoms with Crippen molar-refractivity contribution in [1.82, 2.24) is 15.0 Å². The third-order valence-electron chi connectivity index (χ3n) is 4.58. The van der Waals surface area contributed by atoms with Crippen molar-refractivity contribution in [3.05, 3.63) is 47.2 Å². The van der Waals surface area contributed by atoms with Crippen LogP contribution < -0.4 is 10.2 Å². The van der Waals surface area contributed by atoms with Crippen LogP contribution in [-0.2, 0) is 6.54 Å². The van der Waals surface area contributed by atoms with E-state index in [1.54, 1.807) is 0 Å². The summed E-state index contributed by atoms with van der Waals surface area (Å²) in [6, 6.07) is 10.7. The second-order valence-electron chi connectivity index (χ2n) is 6.62. The number of fused-ring (bicyclic) bond motifs is 1. The summed E-state index contributed by atoms with van der Waals surface area (Å²) in [5.41, 5.74) is 4.55. The highest BCUT2D eigenvalue weighted by atomic mass is 15.3. The molecule has 0 spiro atoms. The zero-order chi connectivity index (χ0) is 16.5. The first kappa shape index (κ1) is 15.0. The summed E-state index contributed by atoms with van der Waals surface area (Å²) in [4.78, 5) is 15.2. The number of aromatic amines is 1. The molecule has 0 amide bonds. The molecule has 1 aromatic carbocycles. The molecule has 2 N–H and O–H groups in total. The van der Waals surface area contributed by atoms with Crippen molar-refractivity contribution in [2.45, 2.75) is 33.2 Å². The summed E-state index contributed by atoms with van der Waals surface area (Å²) in [6.07, 6.45) is 2.44. The van der Waals surface area contributed by atoms with Crippen LogP contribution in [0.15, 0.2) is 30.3 Å². The van der Waals surface area contributed by atoms with E-state index in [2.05, 4.69) is 59.4 Å². The van der Waals surface area contributed by atoms with Crippen LogP contribution in [0, 0.1) is 13.8 Å². The molecule has 0 atom stereocenters. The summed E-state index contributed by atoms with van der Waals surface area (Å²) in [6.45, 7) is 7.01. The third-order valence-corrected chi connectivity index (χ3v) is 4.58. The van der Waals surface area contributed by atoms with E-state index in [4.69, 9.17) is 9.97 Å². The monoisotopic (exact) mass is 321 g/mol. The molecule has 1 fully saturated rings. The maximum atomic E-state index is 4.81. The molecule has 1 saturated heterocycles. The zero-order valence-corrected chi connectivity index (χ0v) is 14.3. The van der Waals surface area contributed by atoms with Gasteiger partial charge in [0.2, 0.25) is 5.95 Å². The molecule has 0 unspecified atom stereocenters. The van der Waals surface area contributed by atoms with Crippen LogP contribution in [0.2, 0.25) is 0 Å². The lowest BCUT2D eigenvalue weighted by Gasteiger charge is -2.16. The van der Waals surface area contributed by atoms with Crippen molar-refractivity contribution in [1.29, 1.82) is 0 Å². The Kier molecular flexibility index (Phi) is 3.84. The zero-order valence-electron chi connectivity index (χ0n) is 14.3. The van der Waals surface area contributed by atoms with Crippen LogP contribution in [0.5, 0.6) is 0 Å². The Morgan fingerprint density at radius 2 is 1.83 bits per heavy atom. The third kappa shape index (κ3) is 2.94. The first-order chi connectivity index (χ1) is 11.7. The van der Waals surface area contributed by atoms with Crippen molar-refractivity contribution in [3.63, 3.8) is 0 Å². The van der Waals surface area contributed by atoms with Gasteiger partial charge in [0.25, 0.3) is 0 Å². The van der Waals surface area contributed by atoms with E-state index in [1.807, 2.05) is 0 Å². The van der Waals surface area contributed by atoms with E-state index in [9.17, 15) is 0 Å². The van der Waals surface area contributed by atoms with Crippen LogP contribution in [0.3, 0.4) is 0 Å². The Balaban J connectivity index is 1.65. The fourth-order valence-electron chi connectivity index (χ4n) is 3.21.